The average Bonchev–Trinajstić information content (AvgIpc) is 2.94. The Morgan fingerprint density at radius 3 is 2.48 bits per heavy atom. The van der Waals surface area contributed by atoms with E-state index in [9.17, 15) is 13.2 Å². The molecule has 1 saturated carbocycles. The molecule has 0 bridgehead atoms. The first-order chi connectivity index (χ1) is 9.97. The number of rotatable bonds is 2. The van der Waals surface area contributed by atoms with E-state index in [1.807, 2.05) is 23.6 Å². The van der Waals surface area contributed by atoms with Crippen molar-refractivity contribution in [3.8, 4) is 0 Å². The number of halogens is 3. The smallest absolute Gasteiger partial charge is 0.324 e. The SMILES string of the molecule is NC(c1cccc2ccsc12)C1CCC(C(F)(F)F)CC1. The van der Waals surface area contributed by atoms with Crippen LogP contribution in [0.15, 0.2) is 29.6 Å². The molecule has 0 amide bonds. The van der Waals surface area contributed by atoms with Crippen LogP contribution < -0.4 is 5.73 Å². The molecule has 1 fully saturated rings. The van der Waals surface area contributed by atoms with Crippen molar-refractivity contribution in [3.63, 3.8) is 0 Å². The molecule has 2 aromatic rings. The van der Waals surface area contributed by atoms with Gasteiger partial charge in [-0.05, 0) is 54.0 Å². The molecule has 2 N–H and O–H groups in total. The lowest BCUT2D eigenvalue weighted by atomic mass is 9.76. The summed E-state index contributed by atoms with van der Waals surface area (Å²) in [6, 6.07) is 7.92. The first kappa shape index (κ1) is 14.9. The second kappa shape index (κ2) is 5.61. The van der Waals surface area contributed by atoms with Gasteiger partial charge in [0.2, 0.25) is 0 Å². The maximum Gasteiger partial charge on any atom is 0.391 e. The summed E-state index contributed by atoms with van der Waals surface area (Å²) in [5.74, 6) is -0.991. The minimum absolute atomic E-state index is 0.149. The maximum atomic E-state index is 12.7. The Hall–Kier alpha value is -1.07. The Morgan fingerprint density at radius 2 is 1.81 bits per heavy atom. The third-order valence-electron chi connectivity index (χ3n) is 4.61. The Bertz CT molecular complexity index is 611. The van der Waals surface area contributed by atoms with Gasteiger partial charge in [0.15, 0.2) is 0 Å². The second-order valence-corrected chi connectivity index (χ2v) is 6.78. The topological polar surface area (TPSA) is 26.0 Å². The van der Waals surface area contributed by atoms with Crippen LogP contribution in [0.4, 0.5) is 13.2 Å². The first-order valence-electron chi connectivity index (χ1n) is 7.25. The molecule has 3 rings (SSSR count). The van der Waals surface area contributed by atoms with Gasteiger partial charge < -0.3 is 5.73 Å². The molecule has 1 aliphatic carbocycles. The highest BCUT2D eigenvalue weighted by Gasteiger charge is 2.42. The average molecular weight is 313 g/mol. The molecule has 1 aromatic carbocycles. The van der Waals surface area contributed by atoms with Crippen molar-refractivity contribution in [3.05, 3.63) is 35.2 Å². The van der Waals surface area contributed by atoms with E-state index in [0.717, 1.165) is 10.9 Å². The van der Waals surface area contributed by atoms with Crippen LogP contribution in [0.1, 0.15) is 37.3 Å². The van der Waals surface area contributed by atoms with E-state index in [4.69, 9.17) is 5.73 Å². The van der Waals surface area contributed by atoms with Gasteiger partial charge in [-0.1, -0.05) is 18.2 Å². The van der Waals surface area contributed by atoms with E-state index in [0.29, 0.717) is 12.8 Å². The number of thiophene rings is 1. The van der Waals surface area contributed by atoms with Gasteiger partial charge in [-0.3, -0.25) is 0 Å². The number of hydrogen-bond donors (Lipinski definition) is 1. The minimum atomic E-state index is -4.05. The highest BCUT2D eigenvalue weighted by Crippen LogP contribution is 2.43. The number of alkyl halides is 3. The highest BCUT2D eigenvalue weighted by molar-refractivity contribution is 7.17. The van der Waals surface area contributed by atoms with E-state index in [-0.39, 0.29) is 24.8 Å². The maximum absolute atomic E-state index is 12.7. The van der Waals surface area contributed by atoms with Crippen molar-refractivity contribution >= 4 is 21.4 Å². The highest BCUT2D eigenvalue weighted by atomic mass is 32.1. The number of benzene rings is 1. The van der Waals surface area contributed by atoms with Crippen LogP contribution in [-0.4, -0.2) is 6.18 Å². The van der Waals surface area contributed by atoms with Crippen LogP contribution in [0.2, 0.25) is 0 Å². The molecule has 21 heavy (non-hydrogen) atoms. The zero-order valence-corrected chi connectivity index (χ0v) is 12.4. The molecule has 0 spiro atoms. The molecule has 1 unspecified atom stereocenters. The van der Waals surface area contributed by atoms with Crippen molar-refractivity contribution in [2.45, 2.75) is 37.9 Å². The van der Waals surface area contributed by atoms with Crippen molar-refractivity contribution in [1.29, 1.82) is 0 Å². The predicted molar refractivity (Wildman–Crippen MR) is 80.3 cm³/mol. The number of hydrogen-bond acceptors (Lipinski definition) is 2. The van der Waals surface area contributed by atoms with Crippen LogP contribution in [0.5, 0.6) is 0 Å². The zero-order chi connectivity index (χ0) is 15.0. The Morgan fingerprint density at radius 1 is 1.10 bits per heavy atom. The fourth-order valence-electron chi connectivity index (χ4n) is 3.34. The molecule has 1 heterocycles. The van der Waals surface area contributed by atoms with Crippen LogP contribution in [0.25, 0.3) is 10.1 Å². The van der Waals surface area contributed by atoms with Gasteiger partial charge in [0.25, 0.3) is 0 Å². The van der Waals surface area contributed by atoms with E-state index < -0.39 is 12.1 Å². The quantitative estimate of drug-likeness (QED) is 0.803. The van der Waals surface area contributed by atoms with E-state index >= 15 is 0 Å². The van der Waals surface area contributed by atoms with Gasteiger partial charge in [-0.15, -0.1) is 11.3 Å². The summed E-state index contributed by atoms with van der Waals surface area (Å²) in [6.07, 6.45) is -2.51. The van der Waals surface area contributed by atoms with Gasteiger partial charge in [-0.25, -0.2) is 0 Å². The summed E-state index contributed by atoms with van der Waals surface area (Å²) in [5, 5.41) is 3.19. The zero-order valence-electron chi connectivity index (χ0n) is 11.6. The molecule has 1 nitrogen and oxygen atoms in total. The lowest BCUT2D eigenvalue weighted by molar-refractivity contribution is -0.184. The second-order valence-electron chi connectivity index (χ2n) is 5.87. The molecular weight excluding hydrogens is 295 g/mol. The largest absolute Gasteiger partial charge is 0.391 e. The van der Waals surface area contributed by atoms with E-state index in [1.54, 1.807) is 11.3 Å². The van der Waals surface area contributed by atoms with Crippen molar-refractivity contribution in [2.75, 3.05) is 0 Å². The lowest BCUT2D eigenvalue weighted by Gasteiger charge is -2.33. The van der Waals surface area contributed by atoms with Gasteiger partial charge in [0, 0.05) is 10.7 Å². The summed E-state index contributed by atoms with van der Waals surface area (Å²) in [6.45, 7) is 0. The number of fused-ring (bicyclic) bond motifs is 1. The normalized spacial score (nSPS) is 25.1. The monoisotopic (exact) mass is 313 g/mol. The molecule has 0 saturated heterocycles. The Labute approximate surface area is 126 Å². The van der Waals surface area contributed by atoms with Gasteiger partial charge in [0.1, 0.15) is 0 Å². The third-order valence-corrected chi connectivity index (χ3v) is 5.59. The summed E-state index contributed by atoms with van der Waals surface area (Å²) in [5.41, 5.74) is 7.46. The van der Waals surface area contributed by atoms with Crippen molar-refractivity contribution in [2.24, 2.45) is 17.6 Å². The van der Waals surface area contributed by atoms with Crippen molar-refractivity contribution in [1.82, 2.24) is 0 Å². The Kier molecular flexibility index (Phi) is 3.97. The number of nitrogens with two attached hydrogens (primary N) is 1. The van der Waals surface area contributed by atoms with Crippen LogP contribution in [0.3, 0.4) is 0 Å². The summed E-state index contributed by atoms with van der Waals surface area (Å²) in [7, 11) is 0. The van der Waals surface area contributed by atoms with Gasteiger partial charge in [0.05, 0.1) is 5.92 Å². The standard InChI is InChI=1S/C16H18F3NS/c17-16(18,19)12-6-4-10(5-7-12)14(20)13-3-1-2-11-8-9-21-15(11)13/h1-3,8-10,12,14H,4-7,20H2. The lowest BCUT2D eigenvalue weighted by Crippen LogP contribution is -2.31. The van der Waals surface area contributed by atoms with E-state index in [2.05, 4.69) is 6.07 Å². The molecule has 114 valence electrons. The van der Waals surface area contributed by atoms with Crippen LogP contribution in [0, 0.1) is 11.8 Å². The third kappa shape index (κ3) is 2.94. The fourth-order valence-corrected chi connectivity index (χ4v) is 4.30. The molecular formula is C16H18F3NS. The van der Waals surface area contributed by atoms with Crippen LogP contribution >= 0.6 is 11.3 Å². The molecule has 1 atom stereocenters. The molecule has 1 aromatic heterocycles. The van der Waals surface area contributed by atoms with Crippen molar-refractivity contribution < 1.29 is 13.2 Å². The Balaban J connectivity index is 1.75. The van der Waals surface area contributed by atoms with E-state index in [1.165, 1.54) is 4.70 Å². The summed E-state index contributed by atoms with van der Waals surface area (Å²) < 4.78 is 39.4. The van der Waals surface area contributed by atoms with Gasteiger partial charge in [-0.2, -0.15) is 13.2 Å². The first-order valence-corrected chi connectivity index (χ1v) is 8.13. The fraction of sp³-hybridized carbons (Fsp3) is 0.500. The molecule has 0 radical (unpaired) electrons. The van der Waals surface area contributed by atoms with Crippen LogP contribution in [-0.2, 0) is 0 Å². The van der Waals surface area contributed by atoms with Gasteiger partial charge >= 0.3 is 6.18 Å². The predicted octanol–water partition coefficient (Wildman–Crippen LogP) is 5.27. The molecule has 5 heteroatoms. The summed E-state index contributed by atoms with van der Waals surface area (Å²) >= 11 is 1.65. The molecule has 0 aliphatic heterocycles. The summed E-state index contributed by atoms with van der Waals surface area (Å²) in [4.78, 5) is 0. The minimum Gasteiger partial charge on any atom is -0.324 e. The molecule has 1 aliphatic rings.